The molecule has 20 heavy (non-hydrogen) atoms. The summed E-state index contributed by atoms with van der Waals surface area (Å²) < 4.78 is 4.56. The average molecular weight is 282 g/mol. The van der Waals surface area contributed by atoms with Crippen molar-refractivity contribution < 1.29 is 9.53 Å². The molecule has 0 radical (unpaired) electrons. The molecule has 0 aromatic rings. The average Bonchev–Trinajstić information content (AvgIpc) is 2.46. The van der Waals surface area contributed by atoms with Crippen LogP contribution in [-0.2, 0) is 9.53 Å². The smallest absolute Gasteiger partial charge is 0.305 e. The molecular weight excluding hydrogens is 260 g/mol. The van der Waals surface area contributed by atoms with Gasteiger partial charge in [-0.25, -0.2) is 0 Å². The number of hydrogen-bond acceptors (Lipinski definition) is 4. The van der Waals surface area contributed by atoms with E-state index in [9.17, 15) is 4.79 Å². The van der Waals surface area contributed by atoms with Crippen molar-refractivity contribution in [3.63, 3.8) is 0 Å². The molecule has 0 N–H and O–H groups in total. The van der Waals surface area contributed by atoms with Gasteiger partial charge in [0.1, 0.15) is 0 Å². The summed E-state index contributed by atoms with van der Waals surface area (Å²) in [6.07, 6.45) is 7.28. The van der Waals surface area contributed by atoms with Crippen molar-refractivity contribution in [3.05, 3.63) is 20.9 Å². The zero-order valence-corrected chi connectivity index (χ0v) is 11.9. The highest BCUT2D eigenvalue weighted by Crippen LogP contribution is 2.12. The number of unbranched alkanes of at least 4 members (excludes halogenated alkanes) is 5. The van der Waals surface area contributed by atoms with Crippen LogP contribution in [0.1, 0.15) is 51.4 Å². The number of carbonyl (C=O) groups excluding carboxylic acids is 1. The lowest BCUT2D eigenvalue weighted by molar-refractivity contribution is -0.140. The summed E-state index contributed by atoms with van der Waals surface area (Å²) in [7, 11) is 1.40. The lowest BCUT2D eigenvalue weighted by Crippen LogP contribution is -2.07. The summed E-state index contributed by atoms with van der Waals surface area (Å²) in [5.74, 6) is -0.153. The van der Waals surface area contributed by atoms with Crippen LogP contribution in [0, 0.1) is 0 Å². The van der Waals surface area contributed by atoms with Crippen molar-refractivity contribution >= 4 is 5.97 Å². The standard InChI is InChI=1S/C12H22N6O2/c1-20-12(19)9-7-5-3-2-4-6-8-11(16-18-14)10-15-17-13/h11H,2-10H2,1H3. The molecule has 1 unspecified atom stereocenters. The van der Waals surface area contributed by atoms with Gasteiger partial charge in [0.05, 0.1) is 7.11 Å². The zero-order chi connectivity index (χ0) is 15.1. The topological polar surface area (TPSA) is 124 Å². The van der Waals surface area contributed by atoms with E-state index < -0.39 is 0 Å². The highest BCUT2D eigenvalue weighted by Gasteiger charge is 2.04. The molecule has 0 aromatic heterocycles. The van der Waals surface area contributed by atoms with Crippen LogP contribution < -0.4 is 0 Å². The van der Waals surface area contributed by atoms with E-state index in [0.29, 0.717) is 6.42 Å². The number of methoxy groups -OCH3 is 1. The van der Waals surface area contributed by atoms with E-state index in [0.717, 1.165) is 44.9 Å². The maximum atomic E-state index is 10.9. The SMILES string of the molecule is COC(=O)CCCCCCCCC(CN=[N+]=[N-])N=[N+]=[N-]. The second-order valence-corrected chi connectivity index (χ2v) is 4.51. The number of ether oxygens (including phenoxy) is 1. The van der Waals surface area contributed by atoms with Crippen molar-refractivity contribution in [2.24, 2.45) is 10.2 Å². The van der Waals surface area contributed by atoms with E-state index in [2.05, 4.69) is 24.8 Å². The highest BCUT2D eigenvalue weighted by atomic mass is 16.5. The Hall–Kier alpha value is -1.91. The quantitative estimate of drug-likeness (QED) is 0.174. The Labute approximate surface area is 118 Å². The minimum absolute atomic E-state index is 0.153. The summed E-state index contributed by atoms with van der Waals surface area (Å²) in [5, 5.41) is 7.03. The Morgan fingerprint density at radius 2 is 1.75 bits per heavy atom. The first kappa shape index (κ1) is 18.1. The normalized spacial score (nSPS) is 11.1. The largest absolute Gasteiger partial charge is 0.469 e. The predicted molar refractivity (Wildman–Crippen MR) is 75.9 cm³/mol. The molecule has 0 bridgehead atoms. The van der Waals surface area contributed by atoms with Crippen molar-refractivity contribution in [1.29, 1.82) is 0 Å². The molecule has 8 heteroatoms. The van der Waals surface area contributed by atoms with E-state index in [1.54, 1.807) is 0 Å². The summed E-state index contributed by atoms with van der Waals surface area (Å²) in [4.78, 5) is 16.3. The Morgan fingerprint density at radius 1 is 1.10 bits per heavy atom. The number of azide groups is 2. The third-order valence-electron chi connectivity index (χ3n) is 2.97. The van der Waals surface area contributed by atoms with Crippen molar-refractivity contribution in [2.75, 3.05) is 13.7 Å². The van der Waals surface area contributed by atoms with Crippen LogP contribution >= 0.6 is 0 Å². The molecule has 112 valence electrons. The lowest BCUT2D eigenvalue weighted by atomic mass is 10.1. The van der Waals surface area contributed by atoms with Gasteiger partial charge in [0.15, 0.2) is 0 Å². The van der Waals surface area contributed by atoms with Crippen LogP contribution in [0.15, 0.2) is 10.2 Å². The third-order valence-corrected chi connectivity index (χ3v) is 2.97. The first-order chi connectivity index (χ1) is 9.74. The Balaban J connectivity index is 3.51. The fraction of sp³-hybridized carbons (Fsp3) is 0.917. The molecule has 0 spiro atoms. The van der Waals surface area contributed by atoms with Gasteiger partial charge in [-0.15, -0.1) is 0 Å². The lowest BCUT2D eigenvalue weighted by Gasteiger charge is -2.07. The number of carbonyl (C=O) groups is 1. The molecule has 0 aliphatic heterocycles. The fourth-order valence-electron chi connectivity index (χ4n) is 1.85. The Morgan fingerprint density at radius 3 is 2.35 bits per heavy atom. The van der Waals surface area contributed by atoms with Gasteiger partial charge in [0.2, 0.25) is 0 Å². The van der Waals surface area contributed by atoms with Crippen LogP contribution in [0.3, 0.4) is 0 Å². The monoisotopic (exact) mass is 282 g/mol. The maximum Gasteiger partial charge on any atom is 0.305 e. The molecule has 0 aromatic carbocycles. The molecule has 1 atom stereocenters. The van der Waals surface area contributed by atoms with Gasteiger partial charge in [0, 0.05) is 28.8 Å². The van der Waals surface area contributed by atoms with E-state index in [4.69, 9.17) is 11.1 Å². The van der Waals surface area contributed by atoms with E-state index in [1.807, 2.05) is 0 Å². The van der Waals surface area contributed by atoms with Gasteiger partial charge < -0.3 is 4.74 Å². The first-order valence-electron chi connectivity index (χ1n) is 6.86. The van der Waals surface area contributed by atoms with Gasteiger partial charge in [-0.1, -0.05) is 42.3 Å². The highest BCUT2D eigenvalue weighted by molar-refractivity contribution is 5.68. The number of rotatable bonds is 12. The van der Waals surface area contributed by atoms with Gasteiger partial charge in [-0.3, -0.25) is 4.79 Å². The van der Waals surface area contributed by atoms with Crippen LogP contribution in [0.5, 0.6) is 0 Å². The van der Waals surface area contributed by atoms with Gasteiger partial charge in [0.25, 0.3) is 0 Å². The molecule has 0 saturated carbocycles. The molecule has 0 fully saturated rings. The number of nitrogens with zero attached hydrogens (tertiary/aromatic N) is 6. The Bertz CT molecular complexity index is 361. The van der Waals surface area contributed by atoms with E-state index in [1.165, 1.54) is 7.11 Å². The van der Waals surface area contributed by atoms with Crippen molar-refractivity contribution in [2.45, 2.75) is 57.4 Å². The Kier molecular flexibility index (Phi) is 12.2. The third kappa shape index (κ3) is 11.2. The van der Waals surface area contributed by atoms with Crippen LogP contribution in [-0.4, -0.2) is 25.7 Å². The summed E-state index contributed by atoms with van der Waals surface area (Å²) in [5.41, 5.74) is 16.6. The molecule has 0 aliphatic carbocycles. The maximum absolute atomic E-state index is 10.9. The van der Waals surface area contributed by atoms with Crippen molar-refractivity contribution in [3.8, 4) is 0 Å². The van der Waals surface area contributed by atoms with Crippen LogP contribution in [0.25, 0.3) is 20.9 Å². The van der Waals surface area contributed by atoms with E-state index >= 15 is 0 Å². The van der Waals surface area contributed by atoms with Gasteiger partial charge in [-0.05, 0) is 23.9 Å². The number of hydrogen-bond donors (Lipinski definition) is 0. The summed E-state index contributed by atoms with van der Waals surface area (Å²) in [6.45, 7) is 0.222. The molecule has 0 amide bonds. The zero-order valence-electron chi connectivity index (χ0n) is 11.9. The second-order valence-electron chi connectivity index (χ2n) is 4.51. The minimum Gasteiger partial charge on any atom is -0.469 e. The van der Waals surface area contributed by atoms with Crippen molar-refractivity contribution in [1.82, 2.24) is 0 Å². The molecule has 0 heterocycles. The predicted octanol–water partition coefficient (Wildman–Crippen LogP) is 4.27. The molecule has 0 rings (SSSR count). The number of esters is 1. The second kappa shape index (κ2) is 13.5. The fourth-order valence-corrected chi connectivity index (χ4v) is 1.85. The van der Waals surface area contributed by atoms with Gasteiger partial charge >= 0.3 is 5.97 Å². The van der Waals surface area contributed by atoms with E-state index in [-0.39, 0.29) is 18.6 Å². The molecular formula is C12H22N6O2. The van der Waals surface area contributed by atoms with Crippen LogP contribution in [0.2, 0.25) is 0 Å². The molecule has 0 aliphatic rings. The summed E-state index contributed by atoms with van der Waals surface area (Å²) >= 11 is 0. The first-order valence-corrected chi connectivity index (χ1v) is 6.86. The van der Waals surface area contributed by atoms with Crippen LogP contribution in [0.4, 0.5) is 0 Å². The molecule has 8 nitrogen and oxygen atoms in total. The minimum atomic E-state index is -0.241. The summed E-state index contributed by atoms with van der Waals surface area (Å²) in [6, 6.07) is -0.241. The molecule has 0 saturated heterocycles. The van der Waals surface area contributed by atoms with Gasteiger partial charge in [-0.2, -0.15) is 0 Å².